The molecule has 1 heterocycles. The number of hydrogen-bond donors (Lipinski definition) is 2. The van der Waals surface area contributed by atoms with Crippen molar-refractivity contribution in [2.45, 2.75) is 20.4 Å². The lowest BCUT2D eigenvalue weighted by atomic mass is 10.1. The molecule has 0 radical (unpaired) electrons. The smallest absolute Gasteiger partial charge is 0.274 e. The second kappa shape index (κ2) is 8.31. The summed E-state index contributed by atoms with van der Waals surface area (Å²) in [7, 11) is 1.58. The van der Waals surface area contributed by atoms with Crippen molar-refractivity contribution in [3.8, 4) is 5.75 Å². The Labute approximate surface area is 158 Å². The predicted molar refractivity (Wildman–Crippen MR) is 106 cm³/mol. The highest BCUT2D eigenvalue weighted by Crippen LogP contribution is 2.18. The average Bonchev–Trinajstić information content (AvgIpc) is 2.67. The van der Waals surface area contributed by atoms with Crippen LogP contribution in [0.3, 0.4) is 0 Å². The summed E-state index contributed by atoms with van der Waals surface area (Å²) in [6.07, 6.45) is 0. The Balaban J connectivity index is 1.71. The molecule has 0 spiro atoms. The molecule has 1 aromatic heterocycles. The van der Waals surface area contributed by atoms with Gasteiger partial charge in [0.2, 0.25) is 0 Å². The van der Waals surface area contributed by atoms with Crippen molar-refractivity contribution in [2.24, 2.45) is 0 Å². The maximum atomic E-state index is 12.6. The fourth-order valence-corrected chi connectivity index (χ4v) is 2.57. The maximum absolute atomic E-state index is 12.6. The summed E-state index contributed by atoms with van der Waals surface area (Å²) in [5, 5.41) is 6.08. The van der Waals surface area contributed by atoms with Crippen LogP contribution in [0.5, 0.6) is 5.75 Å². The Bertz CT molecular complexity index is 939. The molecule has 6 heteroatoms. The fraction of sp³-hybridized carbons (Fsp3) is 0.190. The van der Waals surface area contributed by atoms with Crippen LogP contribution in [0.1, 0.15) is 27.4 Å². The van der Waals surface area contributed by atoms with Gasteiger partial charge in [0.1, 0.15) is 23.1 Å². The molecule has 0 atom stereocenters. The second-order valence-corrected chi connectivity index (χ2v) is 6.21. The highest BCUT2D eigenvalue weighted by Gasteiger charge is 2.11. The number of carbonyl (C=O) groups excluding carboxylic acids is 1. The molecule has 0 unspecified atom stereocenters. The third kappa shape index (κ3) is 5.04. The minimum absolute atomic E-state index is 0.299. The van der Waals surface area contributed by atoms with Crippen LogP contribution in [0.25, 0.3) is 0 Å². The minimum Gasteiger partial charge on any atom is -0.497 e. The quantitative estimate of drug-likeness (QED) is 0.694. The van der Waals surface area contributed by atoms with Gasteiger partial charge in [0.05, 0.1) is 7.11 Å². The number of carbonyl (C=O) groups is 1. The normalized spacial score (nSPS) is 10.3. The first-order chi connectivity index (χ1) is 13.0. The van der Waals surface area contributed by atoms with E-state index in [-0.39, 0.29) is 5.91 Å². The second-order valence-electron chi connectivity index (χ2n) is 6.21. The van der Waals surface area contributed by atoms with E-state index in [1.165, 1.54) is 5.56 Å². The third-order valence-electron chi connectivity index (χ3n) is 3.99. The van der Waals surface area contributed by atoms with E-state index in [1.807, 2.05) is 12.1 Å². The van der Waals surface area contributed by atoms with Gasteiger partial charge < -0.3 is 15.4 Å². The maximum Gasteiger partial charge on any atom is 0.274 e. The lowest BCUT2D eigenvalue weighted by molar-refractivity contribution is 0.102. The van der Waals surface area contributed by atoms with E-state index in [2.05, 4.69) is 51.8 Å². The van der Waals surface area contributed by atoms with Gasteiger partial charge in [-0.15, -0.1) is 0 Å². The number of ether oxygens (including phenoxy) is 1. The molecule has 0 fully saturated rings. The van der Waals surface area contributed by atoms with Crippen LogP contribution in [-0.2, 0) is 6.54 Å². The first kappa shape index (κ1) is 18.4. The number of aryl methyl sites for hydroxylation is 2. The third-order valence-corrected chi connectivity index (χ3v) is 3.99. The molecule has 2 aromatic carbocycles. The molecule has 0 saturated carbocycles. The zero-order valence-corrected chi connectivity index (χ0v) is 15.6. The van der Waals surface area contributed by atoms with Crippen LogP contribution < -0.4 is 15.4 Å². The summed E-state index contributed by atoms with van der Waals surface area (Å²) < 4.78 is 5.17. The molecule has 0 saturated heterocycles. The molecule has 0 aliphatic carbocycles. The first-order valence-electron chi connectivity index (χ1n) is 8.64. The Morgan fingerprint density at radius 3 is 2.56 bits per heavy atom. The van der Waals surface area contributed by atoms with Crippen molar-refractivity contribution >= 4 is 17.4 Å². The van der Waals surface area contributed by atoms with Crippen molar-refractivity contribution in [1.29, 1.82) is 0 Å². The van der Waals surface area contributed by atoms with Gasteiger partial charge in [-0.25, -0.2) is 9.97 Å². The number of hydrogen-bond acceptors (Lipinski definition) is 5. The van der Waals surface area contributed by atoms with Gasteiger partial charge in [-0.05, 0) is 31.5 Å². The SMILES string of the molecule is COc1cccc(NC(=O)c2cc(NCc3ccc(C)cc3)nc(C)n2)c1. The zero-order chi connectivity index (χ0) is 19.2. The molecular formula is C21H22N4O2. The van der Waals surface area contributed by atoms with Crippen molar-refractivity contribution in [3.63, 3.8) is 0 Å². The first-order valence-corrected chi connectivity index (χ1v) is 8.64. The van der Waals surface area contributed by atoms with Crippen LogP contribution in [0.2, 0.25) is 0 Å². The Kier molecular flexibility index (Phi) is 5.66. The van der Waals surface area contributed by atoms with E-state index >= 15 is 0 Å². The molecular weight excluding hydrogens is 340 g/mol. The summed E-state index contributed by atoms with van der Waals surface area (Å²) in [6.45, 7) is 4.44. The summed E-state index contributed by atoms with van der Waals surface area (Å²) in [5.41, 5.74) is 3.30. The highest BCUT2D eigenvalue weighted by atomic mass is 16.5. The molecule has 3 rings (SSSR count). The van der Waals surface area contributed by atoms with E-state index in [0.717, 1.165) is 5.56 Å². The molecule has 1 amide bonds. The summed E-state index contributed by atoms with van der Waals surface area (Å²) >= 11 is 0. The van der Waals surface area contributed by atoms with E-state index in [0.29, 0.717) is 35.3 Å². The van der Waals surface area contributed by atoms with Gasteiger partial charge in [0, 0.05) is 24.4 Å². The number of amides is 1. The number of methoxy groups -OCH3 is 1. The summed E-state index contributed by atoms with van der Waals surface area (Å²) in [5.74, 6) is 1.51. The standard InChI is InChI=1S/C21H22N4O2/c1-14-7-9-16(10-8-14)13-22-20-12-19(23-15(2)24-20)21(26)25-17-5-4-6-18(11-17)27-3/h4-12H,13H2,1-3H3,(H,25,26)(H,22,23,24). The molecule has 0 aliphatic rings. The van der Waals surface area contributed by atoms with E-state index in [9.17, 15) is 4.79 Å². The Morgan fingerprint density at radius 2 is 1.81 bits per heavy atom. The Hall–Kier alpha value is -3.41. The topological polar surface area (TPSA) is 76.1 Å². The van der Waals surface area contributed by atoms with Gasteiger partial charge in [0.15, 0.2) is 0 Å². The molecule has 0 aliphatic heterocycles. The van der Waals surface area contributed by atoms with E-state index in [4.69, 9.17) is 4.74 Å². The summed E-state index contributed by atoms with van der Waals surface area (Å²) in [4.78, 5) is 21.2. The van der Waals surface area contributed by atoms with Gasteiger partial charge in [0.25, 0.3) is 5.91 Å². The van der Waals surface area contributed by atoms with Crippen LogP contribution >= 0.6 is 0 Å². The van der Waals surface area contributed by atoms with Gasteiger partial charge in [-0.2, -0.15) is 0 Å². The number of anilines is 2. The van der Waals surface area contributed by atoms with Crippen molar-refractivity contribution in [2.75, 3.05) is 17.7 Å². The van der Waals surface area contributed by atoms with Crippen LogP contribution in [0, 0.1) is 13.8 Å². The largest absolute Gasteiger partial charge is 0.497 e. The van der Waals surface area contributed by atoms with Gasteiger partial charge in [-0.3, -0.25) is 4.79 Å². The lowest BCUT2D eigenvalue weighted by Crippen LogP contribution is -2.16. The van der Waals surface area contributed by atoms with Crippen molar-refractivity contribution in [3.05, 3.63) is 77.2 Å². The number of aromatic nitrogens is 2. The van der Waals surface area contributed by atoms with E-state index in [1.54, 1.807) is 32.2 Å². The predicted octanol–water partition coefficient (Wildman–Crippen LogP) is 3.97. The molecule has 138 valence electrons. The number of rotatable bonds is 6. The van der Waals surface area contributed by atoms with Crippen molar-refractivity contribution < 1.29 is 9.53 Å². The fourth-order valence-electron chi connectivity index (χ4n) is 2.57. The van der Waals surface area contributed by atoms with Crippen molar-refractivity contribution in [1.82, 2.24) is 9.97 Å². The van der Waals surface area contributed by atoms with Crippen LogP contribution in [0.4, 0.5) is 11.5 Å². The average molecular weight is 362 g/mol. The van der Waals surface area contributed by atoms with Gasteiger partial charge >= 0.3 is 0 Å². The monoisotopic (exact) mass is 362 g/mol. The molecule has 27 heavy (non-hydrogen) atoms. The summed E-state index contributed by atoms with van der Waals surface area (Å²) in [6, 6.07) is 17.1. The molecule has 6 nitrogen and oxygen atoms in total. The number of benzene rings is 2. The van der Waals surface area contributed by atoms with Crippen LogP contribution in [-0.4, -0.2) is 23.0 Å². The van der Waals surface area contributed by atoms with Gasteiger partial charge in [-0.1, -0.05) is 35.9 Å². The Morgan fingerprint density at radius 1 is 1.04 bits per heavy atom. The van der Waals surface area contributed by atoms with Crippen LogP contribution in [0.15, 0.2) is 54.6 Å². The molecule has 3 aromatic rings. The number of nitrogens with zero attached hydrogens (tertiary/aromatic N) is 2. The molecule has 0 bridgehead atoms. The lowest BCUT2D eigenvalue weighted by Gasteiger charge is -2.10. The zero-order valence-electron chi connectivity index (χ0n) is 15.6. The molecule has 2 N–H and O–H groups in total. The minimum atomic E-state index is -0.299. The number of nitrogens with one attached hydrogen (secondary N) is 2. The highest BCUT2D eigenvalue weighted by molar-refractivity contribution is 6.03. The van der Waals surface area contributed by atoms with E-state index < -0.39 is 0 Å².